The number of nitrogens with zero attached hydrogens (tertiary/aromatic N) is 2. The molecule has 1 heterocycles. The van der Waals surface area contributed by atoms with Crippen molar-refractivity contribution in [2.24, 2.45) is 11.8 Å². The van der Waals surface area contributed by atoms with Crippen molar-refractivity contribution < 1.29 is 4.39 Å². The molecule has 0 saturated carbocycles. The summed E-state index contributed by atoms with van der Waals surface area (Å²) in [5.41, 5.74) is 0.762. The lowest BCUT2D eigenvalue weighted by atomic mass is 10.1. The van der Waals surface area contributed by atoms with E-state index in [2.05, 4.69) is 37.6 Å². The fourth-order valence-corrected chi connectivity index (χ4v) is 2.18. The molecule has 1 rings (SSSR count). The van der Waals surface area contributed by atoms with Crippen molar-refractivity contribution in [2.75, 3.05) is 18.0 Å². The molecule has 0 aliphatic carbocycles. The van der Waals surface area contributed by atoms with E-state index in [0.717, 1.165) is 24.5 Å². The number of aromatic nitrogens is 1. The lowest BCUT2D eigenvalue weighted by molar-refractivity contribution is 0.545. The number of hydrogen-bond donors (Lipinski definition) is 0. The summed E-state index contributed by atoms with van der Waals surface area (Å²) < 4.78 is 13.2. The average molecular weight is 273 g/mol. The van der Waals surface area contributed by atoms with Crippen LogP contribution in [0.1, 0.15) is 33.3 Å². The molecule has 0 bridgehead atoms. The monoisotopic (exact) mass is 272 g/mol. The minimum Gasteiger partial charge on any atom is -0.356 e. The Morgan fingerprint density at radius 2 is 1.78 bits per heavy atom. The molecule has 0 aliphatic heterocycles. The van der Waals surface area contributed by atoms with Crippen LogP contribution in [0.3, 0.4) is 0 Å². The van der Waals surface area contributed by atoms with Gasteiger partial charge in [0.25, 0.3) is 0 Å². The van der Waals surface area contributed by atoms with E-state index in [1.165, 1.54) is 12.3 Å². The van der Waals surface area contributed by atoms with Crippen molar-refractivity contribution in [3.63, 3.8) is 0 Å². The van der Waals surface area contributed by atoms with Gasteiger partial charge in [-0.3, -0.25) is 0 Å². The Hall–Kier alpha value is -0.830. The highest BCUT2D eigenvalue weighted by molar-refractivity contribution is 6.17. The van der Waals surface area contributed by atoms with E-state index < -0.39 is 0 Å². The molecule has 0 radical (unpaired) electrons. The normalized spacial score (nSPS) is 11.3. The van der Waals surface area contributed by atoms with Gasteiger partial charge < -0.3 is 4.90 Å². The highest BCUT2D eigenvalue weighted by Gasteiger charge is 2.15. The topological polar surface area (TPSA) is 16.1 Å². The minimum atomic E-state index is -0.330. The van der Waals surface area contributed by atoms with Gasteiger partial charge in [-0.1, -0.05) is 27.7 Å². The molecule has 0 spiro atoms. The molecule has 0 atom stereocenters. The third-order valence-corrected chi connectivity index (χ3v) is 2.81. The molecule has 2 nitrogen and oxygen atoms in total. The number of halogens is 2. The highest BCUT2D eigenvalue weighted by atomic mass is 35.5. The molecule has 4 heteroatoms. The lowest BCUT2D eigenvalue weighted by Gasteiger charge is -2.28. The van der Waals surface area contributed by atoms with Crippen LogP contribution in [0.25, 0.3) is 0 Å². The van der Waals surface area contributed by atoms with Crippen LogP contribution in [0.15, 0.2) is 12.3 Å². The Bertz CT molecular complexity index is 370. The Morgan fingerprint density at radius 1 is 1.22 bits per heavy atom. The Labute approximate surface area is 114 Å². The number of rotatable bonds is 6. The maximum absolute atomic E-state index is 13.2. The van der Waals surface area contributed by atoms with Crippen LogP contribution in [0.5, 0.6) is 0 Å². The summed E-state index contributed by atoms with van der Waals surface area (Å²) in [7, 11) is 0. The largest absolute Gasteiger partial charge is 0.356 e. The zero-order valence-corrected chi connectivity index (χ0v) is 12.3. The van der Waals surface area contributed by atoms with E-state index in [4.69, 9.17) is 11.6 Å². The number of anilines is 1. The first kappa shape index (κ1) is 15.2. The molecular formula is C14H22ClFN2. The van der Waals surface area contributed by atoms with Gasteiger partial charge >= 0.3 is 0 Å². The predicted molar refractivity (Wildman–Crippen MR) is 75.6 cm³/mol. The van der Waals surface area contributed by atoms with Gasteiger partial charge in [-0.15, -0.1) is 11.6 Å². The minimum absolute atomic E-state index is 0.285. The van der Waals surface area contributed by atoms with Crippen molar-refractivity contribution in [3.8, 4) is 0 Å². The van der Waals surface area contributed by atoms with Crippen molar-refractivity contribution in [3.05, 3.63) is 23.6 Å². The molecule has 0 unspecified atom stereocenters. The van der Waals surface area contributed by atoms with Gasteiger partial charge in [-0.25, -0.2) is 9.37 Å². The number of pyridine rings is 1. The molecule has 0 aliphatic rings. The first-order valence-electron chi connectivity index (χ1n) is 6.39. The number of hydrogen-bond acceptors (Lipinski definition) is 2. The van der Waals surface area contributed by atoms with Crippen LogP contribution in [0, 0.1) is 17.7 Å². The van der Waals surface area contributed by atoms with E-state index in [0.29, 0.717) is 11.8 Å². The van der Waals surface area contributed by atoms with E-state index >= 15 is 0 Å². The fraction of sp³-hybridized carbons (Fsp3) is 0.643. The summed E-state index contributed by atoms with van der Waals surface area (Å²) in [4.78, 5) is 6.42. The fourth-order valence-electron chi connectivity index (χ4n) is 1.99. The molecule has 102 valence electrons. The Kier molecular flexibility index (Phi) is 5.86. The van der Waals surface area contributed by atoms with Crippen LogP contribution in [0.4, 0.5) is 10.2 Å². The van der Waals surface area contributed by atoms with Crippen molar-refractivity contribution in [2.45, 2.75) is 33.6 Å². The van der Waals surface area contributed by atoms with Gasteiger partial charge in [0.1, 0.15) is 11.6 Å². The van der Waals surface area contributed by atoms with Crippen LogP contribution in [-0.4, -0.2) is 18.1 Å². The molecule has 0 N–H and O–H groups in total. The van der Waals surface area contributed by atoms with Gasteiger partial charge in [-0.05, 0) is 17.9 Å². The average Bonchev–Trinajstić information content (AvgIpc) is 2.26. The van der Waals surface area contributed by atoms with E-state index in [1.54, 1.807) is 0 Å². The maximum atomic E-state index is 13.2. The van der Waals surface area contributed by atoms with Crippen LogP contribution < -0.4 is 4.90 Å². The van der Waals surface area contributed by atoms with Gasteiger partial charge in [0.15, 0.2) is 0 Å². The SMILES string of the molecule is CC(C)CN(CC(C)C)c1ncc(F)cc1CCl. The third kappa shape index (κ3) is 4.45. The number of alkyl halides is 1. The zero-order chi connectivity index (χ0) is 13.7. The maximum Gasteiger partial charge on any atom is 0.141 e. The molecule has 1 aromatic rings. The van der Waals surface area contributed by atoms with E-state index in [1.807, 2.05) is 0 Å². The van der Waals surface area contributed by atoms with Gasteiger partial charge in [0, 0.05) is 18.7 Å². The highest BCUT2D eigenvalue weighted by Crippen LogP contribution is 2.22. The summed E-state index contributed by atoms with van der Waals surface area (Å²) >= 11 is 5.89. The summed E-state index contributed by atoms with van der Waals surface area (Å²) in [6.07, 6.45) is 1.26. The van der Waals surface area contributed by atoms with Gasteiger partial charge in [-0.2, -0.15) is 0 Å². The lowest BCUT2D eigenvalue weighted by Crippen LogP contribution is -2.32. The second-order valence-electron chi connectivity index (χ2n) is 5.46. The first-order chi connectivity index (χ1) is 8.43. The van der Waals surface area contributed by atoms with Crippen LogP contribution in [-0.2, 0) is 5.88 Å². The van der Waals surface area contributed by atoms with Crippen LogP contribution >= 0.6 is 11.6 Å². The van der Waals surface area contributed by atoms with E-state index in [-0.39, 0.29) is 11.7 Å². The molecule has 0 saturated heterocycles. The summed E-state index contributed by atoms with van der Waals surface area (Å²) in [6, 6.07) is 1.48. The third-order valence-electron chi connectivity index (χ3n) is 2.52. The van der Waals surface area contributed by atoms with Gasteiger partial charge in [0.05, 0.1) is 12.1 Å². The van der Waals surface area contributed by atoms with E-state index in [9.17, 15) is 4.39 Å². The molecule has 18 heavy (non-hydrogen) atoms. The second kappa shape index (κ2) is 6.93. The predicted octanol–water partition coefficient (Wildman–Crippen LogP) is 4.08. The van der Waals surface area contributed by atoms with Crippen LogP contribution in [0.2, 0.25) is 0 Å². The smallest absolute Gasteiger partial charge is 0.141 e. The molecule has 1 aromatic heterocycles. The molecule has 0 amide bonds. The van der Waals surface area contributed by atoms with Crippen molar-refractivity contribution >= 4 is 17.4 Å². The summed E-state index contributed by atoms with van der Waals surface area (Å²) in [6.45, 7) is 10.5. The zero-order valence-electron chi connectivity index (χ0n) is 11.6. The summed E-state index contributed by atoms with van der Waals surface area (Å²) in [5.74, 6) is 1.82. The standard InChI is InChI=1S/C14H22ClFN2/c1-10(2)8-18(9-11(3)4)14-12(6-15)5-13(16)7-17-14/h5,7,10-11H,6,8-9H2,1-4H3. The van der Waals surface area contributed by atoms with Crippen molar-refractivity contribution in [1.82, 2.24) is 4.98 Å². The molecule has 0 aromatic carbocycles. The quantitative estimate of drug-likeness (QED) is 0.726. The second-order valence-corrected chi connectivity index (χ2v) is 5.73. The molecular weight excluding hydrogens is 251 g/mol. The Balaban J connectivity index is 3.03. The van der Waals surface area contributed by atoms with Gasteiger partial charge in [0.2, 0.25) is 0 Å². The molecule has 0 fully saturated rings. The first-order valence-corrected chi connectivity index (χ1v) is 6.92. The summed E-state index contributed by atoms with van der Waals surface area (Å²) in [5, 5.41) is 0. The Morgan fingerprint density at radius 3 is 2.22 bits per heavy atom. The van der Waals surface area contributed by atoms with Crippen molar-refractivity contribution in [1.29, 1.82) is 0 Å².